The van der Waals surface area contributed by atoms with E-state index in [0.717, 1.165) is 19.8 Å². The Morgan fingerprint density at radius 2 is 1.84 bits per heavy atom. The van der Waals surface area contributed by atoms with Crippen molar-refractivity contribution in [3.8, 4) is 5.75 Å². The Bertz CT molecular complexity index is 1370. The van der Waals surface area contributed by atoms with E-state index in [2.05, 4.69) is 19.2 Å². The first-order chi connectivity index (χ1) is 20.2. The van der Waals surface area contributed by atoms with Gasteiger partial charge in [-0.25, -0.2) is 13.2 Å². The molecule has 5 atom stereocenters. The Kier molecular flexibility index (Phi) is 10.1. The summed E-state index contributed by atoms with van der Waals surface area (Å²) >= 11 is 0. The lowest BCUT2D eigenvalue weighted by Crippen LogP contribution is -2.73. The van der Waals surface area contributed by atoms with Crippen LogP contribution in [0.1, 0.15) is 51.2 Å². The molecule has 6 N–H and O–H groups in total. The Balaban J connectivity index is 1.66. The van der Waals surface area contributed by atoms with E-state index in [1.807, 2.05) is 0 Å². The second-order valence-electron chi connectivity index (χ2n) is 12.4. The van der Waals surface area contributed by atoms with Crippen LogP contribution in [0.15, 0.2) is 53.4 Å². The molecule has 12 heteroatoms. The van der Waals surface area contributed by atoms with Crippen LogP contribution < -0.4 is 21.5 Å². The van der Waals surface area contributed by atoms with Crippen molar-refractivity contribution in [3.05, 3.63) is 59.7 Å². The van der Waals surface area contributed by atoms with E-state index in [9.17, 15) is 18.3 Å². The molecule has 11 nitrogen and oxygen atoms in total. The highest BCUT2D eigenvalue weighted by Gasteiger charge is 2.56. The molecule has 0 saturated carbocycles. The number of carbonyl (C=O) groups excluding carboxylic acids is 1. The fourth-order valence-corrected chi connectivity index (χ4v) is 7.46. The van der Waals surface area contributed by atoms with Crippen LogP contribution in [-0.4, -0.2) is 69.5 Å². The van der Waals surface area contributed by atoms with Gasteiger partial charge in [-0.05, 0) is 73.9 Å². The van der Waals surface area contributed by atoms with E-state index in [1.54, 1.807) is 36.4 Å². The zero-order valence-electron chi connectivity index (χ0n) is 25.4. The molecule has 2 aliphatic heterocycles. The van der Waals surface area contributed by atoms with Crippen molar-refractivity contribution >= 4 is 15.9 Å². The highest BCUT2D eigenvalue weighted by atomic mass is 32.2. The third-order valence-corrected chi connectivity index (χ3v) is 10.8. The van der Waals surface area contributed by atoms with Gasteiger partial charge in [-0.1, -0.05) is 44.2 Å². The van der Waals surface area contributed by atoms with E-state index < -0.39 is 38.9 Å². The quantitative estimate of drug-likeness (QED) is 0.244. The van der Waals surface area contributed by atoms with E-state index in [4.69, 9.17) is 30.4 Å². The molecule has 238 valence electrons. The summed E-state index contributed by atoms with van der Waals surface area (Å²) in [5.41, 5.74) is 11.3. The van der Waals surface area contributed by atoms with Gasteiger partial charge in [0.2, 0.25) is 14.8 Å². The largest absolute Gasteiger partial charge is 0.496 e. The van der Waals surface area contributed by atoms with Gasteiger partial charge < -0.3 is 35.5 Å². The SMILES string of the molecule is COc1ccc(S(=O)(=O)[C@@](C)(O)[C@](N)(Cc2ccccc2)NC(=O)O[C@@H]2CO[C@@H]3OCC[C@@H]32)cc1CC(C)(C)CCCN. The molecule has 2 fully saturated rings. The van der Waals surface area contributed by atoms with Crippen LogP contribution in [0.4, 0.5) is 4.79 Å². The molecular weight excluding hydrogens is 574 g/mol. The molecule has 0 spiro atoms. The normalized spacial score (nSPS) is 23.2. The first-order valence-corrected chi connectivity index (χ1v) is 16.1. The Morgan fingerprint density at radius 1 is 1.12 bits per heavy atom. The molecule has 0 aliphatic carbocycles. The van der Waals surface area contributed by atoms with E-state index in [0.29, 0.717) is 42.9 Å². The predicted molar refractivity (Wildman–Crippen MR) is 161 cm³/mol. The summed E-state index contributed by atoms with van der Waals surface area (Å²) in [7, 11) is -3.06. The van der Waals surface area contributed by atoms with Crippen LogP contribution in [-0.2, 0) is 36.9 Å². The maximum atomic E-state index is 14.2. The van der Waals surface area contributed by atoms with Crippen LogP contribution in [0.5, 0.6) is 5.75 Å². The molecule has 43 heavy (non-hydrogen) atoms. The lowest BCUT2D eigenvalue weighted by Gasteiger charge is -2.42. The van der Waals surface area contributed by atoms with Gasteiger partial charge in [-0.15, -0.1) is 0 Å². The van der Waals surface area contributed by atoms with Crippen molar-refractivity contribution in [3.63, 3.8) is 0 Å². The molecule has 2 saturated heterocycles. The summed E-state index contributed by atoms with van der Waals surface area (Å²) in [6, 6.07) is 13.2. The monoisotopic (exact) mass is 619 g/mol. The molecule has 0 radical (unpaired) electrons. The highest BCUT2D eigenvalue weighted by Crippen LogP contribution is 2.38. The number of nitrogens with two attached hydrogens (primary N) is 2. The van der Waals surface area contributed by atoms with Gasteiger partial charge in [0, 0.05) is 6.42 Å². The number of hydrogen-bond acceptors (Lipinski definition) is 10. The van der Waals surface area contributed by atoms with Gasteiger partial charge in [0.15, 0.2) is 6.29 Å². The lowest BCUT2D eigenvalue weighted by molar-refractivity contribution is -0.0907. The molecule has 4 rings (SSSR count). The number of hydrogen-bond donors (Lipinski definition) is 4. The molecular formula is C31H45N3O8S. The van der Waals surface area contributed by atoms with Crippen LogP contribution in [0.25, 0.3) is 0 Å². The number of methoxy groups -OCH3 is 1. The van der Waals surface area contributed by atoms with Gasteiger partial charge >= 0.3 is 6.09 Å². The maximum Gasteiger partial charge on any atom is 0.409 e. The maximum absolute atomic E-state index is 14.2. The molecule has 0 unspecified atom stereocenters. The number of benzene rings is 2. The van der Waals surface area contributed by atoms with Gasteiger partial charge in [-0.3, -0.25) is 5.32 Å². The molecule has 2 aromatic carbocycles. The molecule has 2 aromatic rings. The Hall–Kier alpha value is -2.74. The summed E-state index contributed by atoms with van der Waals surface area (Å²) < 4.78 is 50.7. The summed E-state index contributed by atoms with van der Waals surface area (Å²) in [6.07, 6.45) is 0.609. The second-order valence-corrected chi connectivity index (χ2v) is 14.7. The third kappa shape index (κ3) is 7.16. The van der Waals surface area contributed by atoms with Gasteiger partial charge in [0.25, 0.3) is 0 Å². The smallest absolute Gasteiger partial charge is 0.409 e. The molecule has 1 amide bonds. The standard InChI is InChI=1S/C31H45N3O8S/c1-29(2,14-8-15-32)19-22-17-23(11-12-25(22)39-4)43(37,38)30(3,36)31(33,18-21-9-6-5-7-10-21)34-28(35)42-26-20-41-27-24(26)13-16-40-27/h5-7,9-12,17,24,26-27,36H,8,13-16,18-20,32-33H2,1-4H3,(H,34,35)/t24-,26-,27+,30-,31+/m1/s1. The number of alkyl carbamates (subject to hydrolysis) is 1. The number of nitrogens with one attached hydrogen (secondary N) is 1. The minimum atomic E-state index is -4.58. The average Bonchev–Trinajstić information content (AvgIpc) is 3.57. The average molecular weight is 620 g/mol. The summed E-state index contributed by atoms with van der Waals surface area (Å²) in [5, 5.41) is 14.4. The van der Waals surface area contributed by atoms with Crippen LogP contribution in [0, 0.1) is 11.3 Å². The number of fused-ring (bicyclic) bond motifs is 1. The Morgan fingerprint density at radius 3 is 2.51 bits per heavy atom. The lowest BCUT2D eigenvalue weighted by atomic mass is 9.81. The number of aliphatic hydroxyl groups is 1. The number of carbonyl (C=O) groups is 1. The number of amides is 1. The third-order valence-electron chi connectivity index (χ3n) is 8.53. The minimum absolute atomic E-state index is 0.136. The number of sulfone groups is 1. The van der Waals surface area contributed by atoms with Crippen molar-refractivity contribution in [1.29, 1.82) is 0 Å². The topological polar surface area (TPSA) is 172 Å². The fraction of sp³-hybridized carbons (Fsp3) is 0.581. The first kappa shape index (κ1) is 33.2. The van der Waals surface area contributed by atoms with Crippen LogP contribution >= 0.6 is 0 Å². The van der Waals surface area contributed by atoms with Gasteiger partial charge in [-0.2, -0.15) is 0 Å². The van der Waals surface area contributed by atoms with E-state index in [-0.39, 0.29) is 29.3 Å². The van der Waals surface area contributed by atoms with Crippen molar-refractivity contribution < 1.29 is 37.3 Å². The number of rotatable bonds is 13. The summed E-state index contributed by atoms with van der Waals surface area (Å²) in [6.45, 7) is 6.44. The van der Waals surface area contributed by atoms with Crippen molar-refractivity contribution in [2.45, 2.75) is 80.8 Å². The molecule has 0 aromatic heterocycles. The zero-order chi connectivity index (χ0) is 31.5. The van der Waals surface area contributed by atoms with Gasteiger partial charge in [0.05, 0.1) is 31.1 Å². The van der Waals surface area contributed by atoms with E-state index in [1.165, 1.54) is 19.2 Å². The van der Waals surface area contributed by atoms with Crippen LogP contribution in [0.2, 0.25) is 0 Å². The Labute approximate surface area is 254 Å². The second kappa shape index (κ2) is 13.1. The predicted octanol–water partition coefficient (Wildman–Crippen LogP) is 2.87. The summed E-state index contributed by atoms with van der Waals surface area (Å²) in [4.78, 5) is 10.4. The highest BCUT2D eigenvalue weighted by molar-refractivity contribution is 7.92. The molecule has 2 aliphatic rings. The fourth-order valence-electron chi connectivity index (χ4n) is 5.85. The summed E-state index contributed by atoms with van der Waals surface area (Å²) in [5.74, 6) is 0.389. The number of ether oxygens (including phenoxy) is 4. The first-order valence-electron chi connectivity index (χ1n) is 14.6. The van der Waals surface area contributed by atoms with Crippen LogP contribution in [0.3, 0.4) is 0 Å². The van der Waals surface area contributed by atoms with E-state index >= 15 is 0 Å². The molecule has 0 bridgehead atoms. The van der Waals surface area contributed by atoms with Crippen molar-refractivity contribution in [2.24, 2.45) is 22.8 Å². The zero-order valence-corrected chi connectivity index (χ0v) is 26.2. The minimum Gasteiger partial charge on any atom is -0.496 e. The van der Waals surface area contributed by atoms with Gasteiger partial charge in [0.1, 0.15) is 17.5 Å². The van der Waals surface area contributed by atoms with Crippen molar-refractivity contribution in [2.75, 3.05) is 26.9 Å². The van der Waals surface area contributed by atoms with Crippen molar-refractivity contribution in [1.82, 2.24) is 5.32 Å². The molecule has 2 heterocycles.